The number of hydrogen-bond donors (Lipinski definition) is 2. The van der Waals surface area contributed by atoms with Crippen LogP contribution in [0, 0.1) is 13.8 Å². The van der Waals surface area contributed by atoms with E-state index in [4.69, 9.17) is 0 Å². The van der Waals surface area contributed by atoms with Crippen LogP contribution in [0.15, 0.2) is 42.7 Å². The van der Waals surface area contributed by atoms with Crippen LogP contribution < -0.4 is 10.6 Å². The SMILES string of the molecule is Cc1cccc(C)c1NC(=O)CN(CCC(=O)Nc1cccnc1)C1CC1. The Bertz CT molecular complexity index is 783. The second-order valence-electron chi connectivity index (χ2n) is 7.06. The number of carbonyl (C=O) groups excluding carboxylic acids is 2. The molecule has 1 heterocycles. The summed E-state index contributed by atoms with van der Waals surface area (Å²) in [6.45, 7) is 4.85. The third kappa shape index (κ3) is 5.62. The van der Waals surface area contributed by atoms with Gasteiger partial charge in [0.25, 0.3) is 0 Å². The number of rotatable bonds is 8. The summed E-state index contributed by atoms with van der Waals surface area (Å²) in [5, 5.41) is 5.87. The Hall–Kier alpha value is -2.73. The first-order chi connectivity index (χ1) is 13.0. The summed E-state index contributed by atoms with van der Waals surface area (Å²) in [6.07, 6.45) is 5.80. The first kappa shape index (κ1) is 19.0. The number of anilines is 2. The van der Waals surface area contributed by atoms with Crippen molar-refractivity contribution >= 4 is 23.2 Å². The summed E-state index contributed by atoms with van der Waals surface area (Å²) in [6, 6.07) is 9.96. The lowest BCUT2D eigenvalue weighted by atomic mass is 10.1. The molecule has 0 aliphatic heterocycles. The molecule has 0 atom stereocenters. The highest BCUT2D eigenvalue weighted by atomic mass is 16.2. The van der Waals surface area contributed by atoms with Gasteiger partial charge in [0.1, 0.15) is 0 Å². The maximum absolute atomic E-state index is 12.5. The van der Waals surface area contributed by atoms with Crippen molar-refractivity contribution in [3.8, 4) is 0 Å². The van der Waals surface area contributed by atoms with Crippen molar-refractivity contribution in [1.29, 1.82) is 0 Å². The van der Waals surface area contributed by atoms with Gasteiger partial charge < -0.3 is 10.6 Å². The average molecular weight is 366 g/mol. The van der Waals surface area contributed by atoms with E-state index in [0.717, 1.165) is 29.7 Å². The van der Waals surface area contributed by atoms with Crippen LogP contribution in [-0.4, -0.2) is 40.8 Å². The predicted octanol–water partition coefficient (Wildman–Crippen LogP) is 3.13. The summed E-state index contributed by atoms with van der Waals surface area (Å²) in [7, 11) is 0. The van der Waals surface area contributed by atoms with Crippen molar-refractivity contribution in [3.63, 3.8) is 0 Å². The van der Waals surface area contributed by atoms with Crippen molar-refractivity contribution in [2.45, 2.75) is 39.2 Å². The lowest BCUT2D eigenvalue weighted by molar-refractivity contribution is -0.119. The van der Waals surface area contributed by atoms with Crippen LogP contribution in [0.5, 0.6) is 0 Å². The fourth-order valence-electron chi connectivity index (χ4n) is 3.11. The second-order valence-corrected chi connectivity index (χ2v) is 7.06. The molecule has 3 rings (SSSR count). The third-order valence-corrected chi connectivity index (χ3v) is 4.73. The molecule has 2 aromatic rings. The Labute approximate surface area is 160 Å². The van der Waals surface area contributed by atoms with Crippen molar-refractivity contribution in [1.82, 2.24) is 9.88 Å². The molecule has 0 radical (unpaired) electrons. The molecule has 0 saturated heterocycles. The highest BCUT2D eigenvalue weighted by Crippen LogP contribution is 2.27. The van der Waals surface area contributed by atoms with Gasteiger partial charge in [0, 0.05) is 30.9 Å². The number of nitrogens with one attached hydrogen (secondary N) is 2. The van der Waals surface area contributed by atoms with E-state index >= 15 is 0 Å². The minimum atomic E-state index is -0.0659. The zero-order valence-corrected chi connectivity index (χ0v) is 15.9. The molecule has 6 nitrogen and oxygen atoms in total. The molecule has 1 aromatic carbocycles. The second kappa shape index (κ2) is 8.77. The average Bonchev–Trinajstić information content (AvgIpc) is 3.48. The molecule has 0 unspecified atom stereocenters. The van der Waals surface area contributed by atoms with E-state index < -0.39 is 0 Å². The lowest BCUT2D eigenvalue weighted by Gasteiger charge is -2.22. The standard InChI is InChI=1S/C21H26N4O2/c1-15-5-3-6-16(2)21(15)24-20(27)14-25(18-8-9-18)12-10-19(26)23-17-7-4-11-22-13-17/h3-7,11,13,18H,8-10,12,14H2,1-2H3,(H,23,26)(H,24,27). The number of para-hydroxylation sites is 1. The monoisotopic (exact) mass is 366 g/mol. The maximum atomic E-state index is 12.5. The molecule has 27 heavy (non-hydrogen) atoms. The van der Waals surface area contributed by atoms with Gasteiger partial charge in [-0.05, 0) is 49.9 Å². The topological polar surface area (TPSA) is 74.3 Å². The van der Waals surface area contributed by atoms with Crippen LogP contribution in [0.4, 0.5) is 11.4 Å². The molecule has 1 aromatic heterocycles. The van der Waals surface area contributed by atoms with Gasteiger partial charge in [0.15, 0.2) is 0 Å². The van der Waals surface area contributed by atoms with Crippen LogP contribution in [-0.2, 0) is 9.59 Å². The Morgan fingerprint density at radius 2 is 1.81 bits per heavy atom. The molecule has 142 valence electrons. The Balaban J connectivity index is 1.52. The molecule has 6 heteroatoms. The van der Waals surface area contributed by atoms with Gasteiger partial charge in [-0.15, -0.1) is 0 Å². The number of hydrogen-bond acceptors (Lipinski definition) is 4. The molecule has 0 spiro atoms. The molecule has 1 saturated carbocycles. The molecule has 1 fully saturated rings. The van der Waals surface area contributed by atoms with E-state index in [2.05, 4.69) is 20.5 Å². The minimum Gasteiger partial charge on any atom is -0.325 e. The summed E-state index contributed by atoms with van der Waals surface area (Å²) >= 11 is 0. The van der Waals surface area contributed by atoms with Gasteiger partial charge in [-0.3, -0.25) is 19.5 Å². The molecule has 0 bridgehead atoms. The van der Waals surface area contributed by atoms with Gasteiger partial charge >= 0.3 is 0 Å². The lowest BCUT2D eigenvalue weighted by Crippen LogP contribution is -2.37. The van der Waals surface area contributed by atoms with E-state index in [0.29, 0.717) is 31.2 Å². The van der Waals surface area contributed by atoms with Crippen molar-refractivity contribution in [2.75, 3.05) is 23.7 Å². The number of carbonyl (C=O) groups is 2. The van der Waals surface area contributed by atoms with E-state index in [1.54, 1.807) is 18.5 Å². The number of benzene rings is 1. The smallest absolute Gasteiger partial charge is 0.238 e. The molecular formula is C21H26N4O2. The highest BCUT2D eigenvalue weighted by Gasteiger charge is 2.30. The van der Waals surface area contributed by atoms with Gasteiger partial charge in [-0.25, -0.2) is 0 Å². The first-order valence-corrected chi connectivity index (χ1v) is 9.33. The van der Waals surface area contributed by atoms with Crippen molar-refractivity contribution in [2.24, 2.45) is 0 Å². The highest BCUT2D eigenvalue weighted by molar-refractivity contribution is 5.94. The quantitative estimate of drug-likeness (QED) is 0.753. The molecule has 1 aliphatic carbocycles. The third-order valence-electron chi connectivity index (χ3n) is 4.73. The number of nitrogens with zero attached hydrogens (tertiary/aromatic N) is 2. The largest absolute Gasteiger partial charge is 0.325 e. The molecular weight excluding hydrogens is 340 g/mol. The Morgan fingerprint density at radius 3 is 2.44 bits per heavy atom. The number of aromatic nitrogens is 1. The normalized spacial score (nSPS) is 13.4. The van der Waals surface area contributed by atoms with Gasteiger partial charge in [0.05, 0.1) is 18.4 Å². The van der Waals surface area contributed by atoms with Crippen LogP contribution in [0.3, 0.4) is 0 Å². The van der Waals surface area contributed by atoms with Crippen LogP contribution in [0.1, 0.15) is 30.4 Å². The zero-order chi connectivity index (χ0) is 19.2. The molecule has 2 N–H and O–H groups in total. The summed E-state index contributed by atoms with van der Waals surface area (Å²) in [5.74, 6) is -0.101. The Kier molecular flexibility index (Phi) is 6.19. The summed E-state index contributed by atoms with van der Waals surface area (Å²) in [4.78, 5) is 30.8. The van der Waals surface area contributed by atoms with Crippen LogP contribution in [0.2, 0.25) is 0 Å². The predicted molar refractivity (Wildman–Crippen MR) is 107 cm³/mol. The number of pyridine rings is 1. The number of amides is 2. The minimum absolute atomic E-state index is 0.0352. The Morgan fingerprint density at radius 1 is 1.07 bits per heavy atom. The van der Waals surface area contributed by atoms with Crippen LogP contribution >= 0.6 is 0 Å². The fraction of sp³-hybridized carbons (Fsp3) is 0.381. The zero-order valence-electron chi connectivity index (χ0n) is 15.9. The molecule has 2 amide bonds. The van der Waals surface area contributed by atoms with E-state index in [-0.39, 0.29) is 11.8 Å². The molecule has 1 aliphatic rings. The first-order valence-electron chi connectivity index (χ1n) is 9.33. The van der Waals surface area contributed by atoms with Gasteiger partial charge in [-0.2, -0.15) is 0 Å². The van der Waals surface area contributed by atoms with E-state index in [9.17, 15) is 9.59 Å². The maximum Gasteiger partial charge on any atom is 0.238 e. The fourth-order valence-corrected chi connectivity index (χ4v) is 3.11. The van der Waals surface area contributed by atoms with Gasteiger partial charge in [0.2, 0.25) is 11.8 Å². The number of aryl methyl sites for hydroxylation is 2. The van der Waals surface area contributed by atoms with Gasteiger partial charge in [-0.1, -0.05) is 18.2 Å². The van der Waals surface area contributed by atoms with Crippen molar-refractivity contribution in [3.05, 3.63) is 53.9 Å². The summed E-state index contributed by atoms with van der Waals surface area (Å²) < 4.78 is 0. The summed E-state index contributed by atoms with van der Waals surface area (Å²) in [5.41, 5.74) is 3.68. The van der Waals surface area contributed by atoms with E-state index in [1.807, 2.05) is 38.1 Å². The van der Waals surface area contributed by atoms with E-state index in [1.165, 1.54) is 0 Å². The van der Waals surface area contributed by atoms with Crippen molar-refractivity contribution < 1.29 is 9.59 Å². The van der Waals surface area contributed by atoms with Crippen LogP contribution in [0.25, 0.3) is 0 Å².